The highest BCUT2D eigenvalue weighted by molar-refractivity contribution is 6.08. The molecule has 0 saturated carbocycles. The molecule has 4 rings (SSSR count). The monoisotopic (exact) mass is 416 g/mol. The maximum atomic E-state index is 14.6. The summed E-state index contributed by atoms with van der Waals surface area (Å²) in [5.41, 5.74) is 1.80. The van der Waals surface area contributed by atoms with Gasteiger partial charge in [-0.1, -0.05) is 74.5 Å². The van der Waals surface area contributed by atoms with Crippen LogP contribution in [-0.2, 0) is 6.54 Å². The van der Waals surface area contributed by atoms with Crippen molar-refractivity contribution in [3.63, 3.8) is 0 Å². The van der Waals surface area contributed by atoms with Gasteiger partial charge in [0.2, 0.25) is 0 Å². The van der Waals surface area contributed by atoms with Crippen molar-refractivity contribution in [2.45, 2.75) is 27.3 Å². The second-order valence-electron chi connectivity index (χ2n) is 6.77. The van der Waals surface area contributed by atoms with E-state index < -0.39 is 11.4 Å². The van der Waals surface area contributed by atoms with Gasteiger partial charge in [-0.2, -0.15) is 0 Å². The molecule has 4 nitrogen and oxygen atoms in total. The lowest BCUT2D eigenvalue weighted by atomic mass is 10.0. The summed E-state index contributed by atoms with van der Waals surface area (Å²) in [4.78, 5) is 26.2. The maximum absolute atomic E-state index is 14.6. The highest BCUT2D eigenvalue weighted by Gasteiger charge is 2.22. The molecular formula is C26H25FN2O2. The van der Waals surface area contributed by atoms with Crippen molar-refractivity contribution in [1.82, 2.24) is 9.88 Å². The van der Waals surface area contributed by atoms with Gasteiger partial charge in [0.1, 0.15) is 5.82 Å². The van der Waals surface area contributed by atoms with E-state index in [2.05, 4.69) is 5.32 Å². The van der Waals surface area contributed by atoms with Gasteiger partial charge in [0.15, 0.2) is 0 Å². The number of halogens is 1. The van der Waals surface area contributed by atoms with Crippen molar-refractivity contribution >= 4 is 16.7 Å². The molecule has 1 amide bonds. The second-order valence-corrected chi connectivity index (χ2v) is 6.77. The number of aromatic nitrogens is 1. The van der Waals surface area contributed by atoms with E-state index in [4.69, 9.17) is 0 Å². The summed E-state index contributed by atoms with van der Waals surface area (Å²) in [6.07, 6.45) is 0. The van der Waals surface area contributed by atoms with Crippen LogP contribution in [0.4, 0.5) is 4.39 Å². The molecule has 158 valence electrons. The number of rotatable bonds is 4. The first kappa shape index (κ1) is 22.0. The van der Waals surface area contributed by atoms with Gasteiger partial charge in [-0.25, -0.2) is 4.39 Å². The minimum absolute atomic E-state index is 0.0909. The summed E-state index contributed by atoms with van der Waals surface area (Å²) in [5.74, 6) is -0.999. The van der Waals surface area contributed by atoms with E-state index in [1.165, 1.54) is 16.7 Å². The van der Waals surface area contributed by atoms with E-state index in [1.54, 1.807) is 37.3 Å². The molecule has 0 aliphatic carbocycles. The predicted molar refractivity (Wildman–Crippen MR) is 123 cm³/mol. The van der Waals surface area contributed by atoms with Crippen molar-refractivity contribution in [3.8, 4) is 5.69 Å². The smallest absolute Gasteiger partial charge is 0.266 e. The van der Waals surface area contributed by atoms with Crippen LogP contribution in [0.5, 0.6) is 0 Å². The fraction of sp³-hybridized carbons (Fsp3) is 0.154. The van der Waals surface area contributed by atoms with Crippen LogP contribution in [0, 0.1) is 12.7 Å². The summed E-state index contributed by atoms with van der Waals surface area (Å²) in [7, 11) is 0. The number of fused-ring (bicyclic) bond motifs is 1. The Hall–Kier alpha value is -3.73. The molecule has 0 aliphatic rings. The van der Waals surface area contributed by atoms with Gasteiger partial charge in [-0.05, 0) is 30.7 Å². The molecule has 0 saturated heterocycles. The molecule has 4 aromatic rings. The number of nitrogens with zero attached hydrogens (tertiary/aromatic N) is 1. The van der Waals surface area contributed by atoms with Crippen LogP contribution >= 0.6 is 0 Å². The third kappa shape index (κ3) is 4.40. The van der Waals surface area contributed by atoms with Crippen LogP contribution in [0.1, 0.15) is 35.5 Å². The molecule has 0 atom stereocenters. The van der Waals surface area contributed by atoms with Crippen molar-refractivity contribution in [2.75, 3.05) is 0 Å². The van der Waals surface area contributed by atoms with Crippen LogP contribution in [-0.4, -0.2) is 10.5 Å². The minimum Gasteiger partial charge on any atom is -0.348 e. The summed E-state index contributed by atoms with van der Waals surface area (Å²) in [5, 5.41) is 3.11. The highest BCUT2D eigenvalue weighted by Crippen LogP contribution is 2.24. The number of amides is 1. The standard InChI is InChI=1S/C24H19FN2O2.C2H6/c1-16-21(23(28)26-15-17-9-4-2-5-10-17)19-13-8-14-20(25)22(19)24(29)27(16)18-11-6-3-7-12-18;1-2/h2-14H,15H2,1H3,(H,26,28);1-2H3. The van der Waals surface area contributed by atoms with E-state index in [1.807, 2.05) is 50.2 Å². The Morgan fingerprint density at radius 3 is 2.16 bits per heavy atom. The molecule has 0 bridgehead atoms. The summed E-state index contributed by atoms with van der Waals surface area (Å²) >= 11 is 0. The fourth-order valence-electron chi connectivity index (χ4n) is 3.56. The molecule has 0 unspecified atom stereocenters. The number of para-hydroxylation sites is 1. The van der Waals surface area contributed by atoms with Crippen molar-refractivity contribution in [1.29, 1.82) is 0 Å². The topological polar surface area (TPSA) is 51.1 Å². The third-order valence-electron chi connectivity index (χ3n) is 4.93. The Morgan fingerprint density at radius 2 is 1.52 bits per heavy atom. The van der Waals surface area contributed by atoms with Crippen LogP contribution in [0.2, 0.25) is 0 Å². The van der Waals surface area contributed by atoms with Crippen LogP contribution in [0.3, 0.4) is 0 Å². The first-order chi connectivity index (χ1) is 15.1. The Morgan fingerprint density at radius 1 is 0.903 bits per heavy atom. The number of hydrogen-bond acceptors (Lipinski definition) is 2. The zero-order chi connectivity index (χ0) is 22.4. The van der Waals surface area contributed by atoms with Crippen molar-refractivity contribution < 1.29 is 9.18 Å². The Kier molecular flexibility index (Phi) is 6.98. The van der Waals surface area contributed by atoms with E-state index in [0.29, 0.717) is 28.9 Å². The number of pyridine rings is 1. The van der Waals surface area contributed by atoms with Crippen molar-refractivity contribution in [2.24, 2.45) is 0 Å². The molecule has 0 spiro atoms. The second kappa shape index (κ2) is 9.85. The molecular weight excluding hydrogens is 391 g/mol. The molecule has 0 aliphatic heterocycles. The van der Waals surface area contributed by atoms with Crippen LogP contribution in [0.15, 0.2) is 83.7 Å². The molecule has 1 aromatic heterocycles. The predicted octanol–water partition coefficient (Wildman–Crippen LogP) is 5.39. The number of nitrogens with one attached hydrogen (secondary N) is 1. The Balaban J connectivity index is 0.00000132. The first-order valence-electron chi connectivity index (χ1n) is 10.3. The summed E-state index contributed by atoms with van der Waals surface area (Å²) in [6.45, 7) is 6.04. The quantitative estimate of drug-likeness (QED) is 0.485. The van der Waals surface area contributed by atoms with E-state index in [0.717, 1.165) is 5.56 Å². The van der Waals surface area contributed by atoms with E-state index >= 15 is 0 Å². The van der Waals surface area contributed by atoms with Gasteiger partial charge >= 0.3 is 0 Å². The number of hydrogen-bond donors (Lipinski definition) is 1. The molecule has 0 radical (unpaired) electrons. The Labute approximate surface area is 181 Å². The first-order valence-corrected chi connectivity index (χ1v) is 10.3. The average Bonchev–Trinajstić information content (AvgIpc) is 2.80. The lowest BCUT2D eigenvalue weighted by molar-refractivity contribution is 0.0951. The highest BCUT2D eigenvalue weighted by atomic mass is 19.1. The third-order valence-corrected chi connectivity index (χ3v) is 4.93. The maximum Gasteiger partial charge on any atom is 0.266 e. The Bertz CT molecular complexity index is 1250. The van der Waals surface area contributed by atoms with Gasteiger partial charge in [-0.3, -0.25) is 14.2 Å². The van der Waals surface area contributed by atoms with Gasteiger partial charge in [0, 0.05) is 23.3 Å². The molecule has 3 aromatic carbocycles. The average molecular weight is 416 g/mol. The molecule has 1 N–H and O–H groups in total. The van der Waals surface area contributed by atoms with Gasteiger partial charge in [-0.15, -0.1) is 0 Å². The number of benzene rings is 3. The SMILES string of the molecule is CC.Cc1c(C(=O)NCc2ccccc2)c2cccc(F)c2c(=O)n1-c1ccccc1. The van der Waals surface area contributed by atoms with E-state index in [-0.39, 0.29) is 11.3 Å². The fourth-order valence-corrected chi connectivity index (χ4v) is 3.56. The van der Waals surface area contributed by atoms with E-state index in [9.17, 15) is 14.0 Å². The van der Waals surface area contributed by atoms with Crippen LogP contribution < -0.4 is 10.9 Å². The molecule has 31 heavy (non-hydrogen) atoms. The summed E-state index contributed by atoms with van der Waals surface area (Å²) < 4.78 is 16.0. The van der Waals surface area contributed by atoms with Gasteiger partial charge in [0.05, 0.1) is 10.9 Å². The lowest BCUT2D eigenvalue weighted by Crippen LogP contribution is -2.29. The zero-order valence-corrected chi connectivity index (χ0v) is 17.9. The minimum atomic E-state index is -0.644. The van der Waals surface area contributed by atoms with Crippen LogP contribution in [0.25, 0.3) is 16.5 Å². The van der Waals surface area contributed by atoms with Gasteiger partial charge in [0.25, 0.3) is 11.5 Å². The normalized spacial score (nSPS) is 10.3. The lowest BCUT2D eigenvalue weighted by Gasteiger charge is -2.17. The largest absolute Gasteiger partial charge is 0.348 e. The van der Waals surface area contributed by atoms with Gasteiger partial charge < -0.3 is 5.32 Å². The number of carbonyl (C=O) groups is 1. The molecule has 5 heteroatoms. The zero-order valence-electron chi connectivity index (χ0n) is 17.9. The van der Waals surface area contributed by atoms with Crippen molar-refractivity contribution in [3.05, 3.63) is 112 Å². The summed E-state index contributed by atoms with van der Waals surface area (Å²) in [6, 6.07) is 22.8. The molecule has 0 fully saturated rings. The number of carbonyl (C=O) groups excluding carboxylic acids is 1. The molecule has 1 heterocycles.